The zero-order chi connectivity index (χ0) is 10.6. The second-order valence-electron chi connectivity index (χ2n) is 2.65. The van der Waals surface area contributed by atoms with Gasteiger partial charge in [0.1, 0.15) is 0 Å². The standard InChI is InChI=1S/C10H9ClINS/c1-2-7-3-4-8(14-6-5-13)9(11)10(7)12/h3-4H,2,6H2,1H3. The molecular weight excluding hydrogens is 329 g/mol. The highest BCUT2D eigenvalue weighted by atomic mass is 127. The van der Waals surface area contributed by atoms with E-state index in [9.17, 15) is 0 Å². The maximum Gasteiger partial charge on any atom is 0.0855 e. The van der Waals surface area contributed by atoms with Crippen LogP contribution in [0.5, 0.6) is 0 Å². The topological polar surface area (TPSA) is 23.8 Å². The van der Waals surface area contributed by atoms with Crippen molar-refractivity contribution in [1.29, 1.82) is 5.26 Å². The first-order valence-corrected chi connectivity index (χ1v) is 6.61. The van der Waals surface area contributed by atoms with Gasteiger partial charge in [-0.25, -0.2) is 0 Å². The molecule has 0 bridgehead atoms. The van der Waals surface area contributed by atoms with Crippen LogP contribution in [0.2, 0.25) is 5.02 Å². The van der Waals surface area contributed by atoms with E-state index in [-0.39, 0.29) is 0 Å². The molecule has 0 radical (unpaired) electrons. The van der Waals surface area contributed by atoms with Crippen molar-refractivity contribution in [2.75, 3.05) is 5.75 Å². The number of hydrogen-bond donors (Lipinski definition) is 0. The molecule has 1 aromatic rings. The van der Waals surface area contributed by atoms with Crippen LogP contribution in [-0.4, -0.2) is 5.75 Å². The van der Waals surface area contributed by atoms with Crippen molar-refractivity contribution in [2.45, 2.75) is 18.2 Å². The molecule has 0 aliphatic heterocycles. The fraction of sp³-hybridized carbons (Fsp3) is 0.300. The van der Waals surface area contributed by atoms with E-state index in [1.54, 1.807) is 0 Å². The molecule has 0 N–H and O–H groups in total. The van der Waals surface area contributed by atoms with Gasteiger partial charge in [0.2, 0.25) is 0 Å². The summed E-state index contributed by atoms with van der Waals surface area (Å²) >= 11 is 9.91. The van der Waals surface area contributed by atoms with E-state index in [2.05, 4.69) is 41.7 Å². The number of rotatable bonds is 3. The minimum absolute atomic E-state index is 0.446. The average molecular weight is 338 g/mol. The Hall–Kier alpha value is 0.0800. The Morgan fingerprint density at radius 3 is 2.86 bits per heavy atom. The minimum atomic E-state index is 0.446. The predicted octanol–water partition coefficient (Wildman–Crippen LogP) is 4.12. The van der Waals surface area contributed by atoms with E-state index in [0.717, 1.165) is 19.9 Å². The van der Waals surface area contributed by atoms with E-state index in [0.29, 0.717) is 5.75 Å². The Balaban J connectivity index is 2.99. The monoisotopic (exact) mass is 337 g/mol. The van der Waals surface area contributed by atoms with E-state index in [1.807, 2.05) is 6.07 Å². The summed E-state index contributed by atoms with van der Waals surface area (Å²) < 4.78 is 1.11. The van der Waals surface area contributed by atoms with Gasteiger partial charge in [-0.3, -0.25) is 0 Å². The van der Waals surface area contributed by atoms with Crippen molar-refractivity contribution in [3.05, 3.63) is 26.3 Å². The van der Waals surface area contributed by atoms with Crippen LogP contribution in [0.3, 0.4) is 0 Å². The Morgan fingerprint density at radius 2 is 2.29 bits per heavy atom. The molecule has 1 rings (SSSR count). The molecule has 0 unspecified atom stereocenters. The molecule has 0 aliphatic rings. The molecule has 0 heterocycles. The summed E-state index contributed by atoms with van der Waals surface area (Å²) in [6.45, 7) is 2.11. The average Bonchev–Trinajstić information content (AvgIpc) is 2.20. The molecule has 0 aliphatic carbocycles. The fourth-order valence-corrected chi connectivity index (χ4v) is 3.06. The fourth-order valence-electron chi connectivity index (χ4n) is 1.07. The van der Waals surface area contributed by atoms with Gasteiger partial charge in [0, 0.05) is 8.47 Å². The summed E-state index contributed by atoms with van der Waals surface area (Å²) in [6.07, 6.45) is 0.987. The second-order valence-corrected chi connectivity index (χ2v) is 5.13. The van der Waals surface area contributed by atoms with Crippen LogP contribution in [0.1, 0.15) is 12.5 Å². The summed E-state index contributed by atoms with van der Waals surface area (Å²) in [7, 11) is 0. The summed E-state index contributed by atoms with van der Waals surface area (Å²) in [4.78, 5) is 0.995. The van der Waals surface area contributed by atoms with Gasteiger partial charge in [0.25, 0.3) is 0 Å². The van der Waals surface area contributed by atoms with Crippen molar-refractivity contribution < 1.29 is 0 Å². The lowest BCUT2D eigenvalue weighted by Gasteiger charge is -2.07. The van der Waals surface area contributed by atoms with E-state index < -0.39 is 0 Å². The number of aryl methyl sites for hydroxylation is 1. The molecule has 4 heteroatoms. The molecule has 0 fully saturated rings. The van der Waals surface area contributed by atoms with Crippen molar-refractivity contribution >= 4 is 46.0 Å². The first kappa shape index (κ1) is 12.2. The van der Waals surface area contributed by atoms with Crippen LogP contribution in [0.25, 0.3) is 0 Å². The molecule has 0 saturated heterocycles. The highest BCUT2D eigenvalue weighted by Gasteiger charge is 2.08. The molecule has 0 spiro atoms. The smallest absolute Gasteiger partial charge is 0.0855 e. The number of hydrogen-bond acceptors (Lipinski definition) is 2. The van der Waals surface area contributed by atoms with Gasteiger partial charge in [-0.1, -0.05) is 24.6 Å². The summed E-state index contributed by atoms with van der Waals surface area (Å²) in [5.74, 6) is 0.446. The van der Waals surface area contributed by atoms with Gasteiger partial charge in [-0.05, 0) is 40.6 Å². The van der Waals surface area contributed by atoms with Gasteiger partial charge in [0.05, 0.1) is 16.8 Å². The quantitative estimate of drug-likeness (QED) is 0.612. The van der Waals surface area contributed by atoms with E-state index in [1.165, 1.54) is 17.3 Å². The highest BCUT2D eigenvalue weighted by molar-refractivity contribution is 14.1. The van der Waals surface area contributed by atoms with Crippen molar-refractivity contribution in [2.24, 2.45) is 0 Å². The molecule has 0 aromatic heterocycles. The Labute approximate surface area is 107 Å². The Bertz CT molecular complexity index is 373. The van der Waals surface area contributed by atoms with Gasteiger partial charge < -0.3 is 0 Å². The zero-order valence-corrected chi connectivity index (χ0v) is 11.4. The van der Waals surface area contributed by atoms with Crippen LogP contribution < -0.4 is 0 Å². The highest BCUT2D eigenvalue weighted by Crippen LogP contribution is 2.33. The van der Waals surface area contributed by atoms with Crippen molar-refractivity contribution in [3.63, 3.8) is 0 Å². The second kappa shape index (κ2) is 5.84. The van der Waals surface area contributed by atoms with E-state index >= 15 is 0 Å². The third-order valence-electron chi connectivity index (χ3n) is 1.80. The maximum atomic E-state index is 8.47. The summed E-state index contributed by atoms with van der Waals surface area (Å²) in [5, 5.41) is 9.26. The van der Waals surface area contributed by atoms with Gasteiger partial charge in [0.15, 0.2) is 0 Å². The first-order chi connectivity index (χ1) is 6.70. The van der Waals surface area contributed by atoms with Crippen LogP contribution in [0, 0.1) is 14.9 Å². The summed E-state index contributed by atoms with van der Waals surface area (Å²) in [6, 6.07) is 6.16. The zero-order valence-electron chi connectivity index (χ0n) is 7.68. The third kappa shape index (κ3) is 2.78. The molecule has 0 amide bonds. The van der Waals surface area contributed by atoms with E-state index in [4.69, 9.17) is 16.9 Å². The van der Waals surface area contributed by atoms with Crippen LogP contribution in [0.4, 0.5) is 0 Å². The Kier molecular flexibility index (Phi) is 5.07. The molecule has 0 saturated carbocycles. The van der Waals surface area contributed by atoms with Crippen LogP contribution in [0.15, 0.2) is 17.0 Å². The number of nitriles is 1. The number of thioether (sulfide) groups is 1. The molecule has 74 valence electrons. The van der Waals surface area contributed by atoms with Gasteiger partial charge in [-0.2, -0.15) is 5.26 Å². The molecule has 14 heavy (non-hydrogen) atoms. The molecule has 1 nitrogen and oxygen atoms in total. The molecule has 1 aromatic carbocycles. The molecular formula is C10H9ClINS. The first-order valence-electron chi connectivity index (χ1n) is 4.17. The number of benzene rings is 1. The SMILES string of the molecule is CCc1ccc(SCC#N)c(Cl)c1I. The minimum Gasteiger partial charge on any atom is -0.197 e. The normalized spacial score (nSPS) is 9.86. The maximum absolute atomic E-state index is 8.47. The number of nitrogens with zero attached hydrogens (tertiary/aromatic N) is 1. The lowest BCUT2D eigenvalue weighted by atomic mass is 10.2. The molecule has 0 atom stereocenters. The number of halogens is 2. The lowest BCUT2D eigenvalue weighted by molar-refractivity contribution is 1.11. The van der Waals surface area contributed by atoms with Gasteiger partial charge in [-0.15, -0.1) is 11.8 Å². The largest absolute Gasteiger partial charge is 0.197 e. The van der Waals surface area contributed by atoms with Crippen molar-refractivity contribution in [1.82, 2.24) is 0 Å². The lowest BCUT2D eigenvalue weighted by Crippen LogP contribution is -1.89. The van der Waals surface area contributed by atoms with Crippen LogP contribution in [-0.2, 0) is 6.42 Å². The van der Waals surface area contributed by atoms with Crippen molar-refractivity contribution in [3.8, 4) is 6.07 Å². The predicted molar refractivity (Wildman–Crippen MR) is 69.9 cm³/mol. The summed E-state index contributed by atoms with van der Waals surface area (Å²) in [5.41, 5.74) is 1.26. The van der Waals surface area contributed by atoms with Gasteiger partial charge >= 0.3 is 0 Å². The third-order valence-corrected chi connectivity index (χ3v) is 4.78. The van der Waals surface area contributed by atoms with Crippen LogP contribution >= 0.6 is 46.0 Å². The Morgan fingerprint density at radius 1 is 1.57 bits per heavy atom.